The Balaban J connectivity index is 1.65. The maximum absolute atomic E-state index is 11.9. The minimum atomic E-state index is -0.674. The van der Waals surface area contributed by atoms with Crippen molar-refractivity contribution in [1.29, 1.82) is 0 Å². The Morgan fingerprint density at radius 2 is 1.79 bits per heavy atom. The Kier molecular flexibility index (Phi) is 4.66. The van der Waals surface area contributed by atoms with Gasteiger partial charge in [-0.05, 0) is 50.9 Å². The number of carbonyl (C=O) groups is 2. The number of carboxylic acids is 1. The summed E-state index contributed by atoms with van der Waals surface area (Å²) in [6.45, 7) is 0.683. The van der Waals surface area contributed by atoms with Crippen LogP contribution in [0.1, 0.15) is 44.9 Å². The van der Waals surface area contributed by atoms with E-state index in [1.807, 2.05) is 11.9 Å². The number of nitrogens with zero attached hydrogens (tertiary/aromatic N) is 1. The topological polar surface area (TPSA) is 69.6 Å². The zero-order valence-corrected chi connectivity index (χ0v) is 11.6. The van der Waals surface area contributed by atoms with Crippen LogP contribution >= 0.6 is 0 Å². The molecule has 2 aliphatic rings. The largest absolute Gasteiger partial charge is 0.481 e. The first-order valence-electron chi connectivity index (χ1n) is 7.31. The third-order valence-electron chi connectivity index (χ3n) is 4.68. The van der Waals surface area contributed by atoms with Crippen LogP contribution in [0.15, 0.2) is 0 Å². The van der Waals surface area contributed by atoms with Crippen molar-refractivity contribution < 1.29 is 14.7 Å². The molecule has 0 atom stereocenters. The Labute approximate surface area is 114 Å². The Morgan fingerprint density at radius 3 is 2.26 bits per heavy atom. The third-order valence-corrected chi connectivity index (χ3v) is 4.68. The molecule has 5 nitrogen and oxygen atoms in total. The lowest BCUT2D eigenvalue weighted by Crippen LogP contribution is -2.47. The Bertz CT molecular complexity index is 334. The molecular weight excluding hydrogens is 244 g/mol. The van der Waals surface area contributed by atoms with Crippen molar-refractivity contribution in [3.8, 4) is 0 Å². The van der Waals surface area contributed by atoms with Crippen molar-refractivity contribution in [2.45, 2.75) is 51.0 Å². The van der Waals surface area contributed by atoms with E-state index in [9.17, 15) is 9.59 Å². The molecule has 5 heteroatoms. The monoisotopic (exact) mass is 268 g/mol. The molecule has 2 rings (SSSR count). The van der Waals surface area contributed by atoms with Gasteiger partial charge in [0.25, 0.3) is 0 Å². The van der Waals surface area contributed by atoms with Crippen LogP contribution in [0.3, 0.4) is 0 Å². The summed E-state index contributed by atoms with van der Waals surface area (Å²) < 4.78 is 0. The Morgan fingerprint density at radius 1 is 1.16 bits per heavy atom. The number of aliphatic carboxylic acids is 1. The summed E-state index contributed by atoms with van der Waals surface area (Å²) in [6, 6.07) is 0.438. The van der Waals surface area contributed by atoms with E-state index in [1.54, 1.807) is 0 Å². The standard InChI is InChI=1S/C14H24N2O3/c1-16(12-3-2-4-12)14(19)15-9-10-5-7-11(8-6-10)13(17)18/h10-12H,2-9H2,1H3,(H,15,19)(H,17,18). The number of hydrogen-bond donors (Lipinski definition) is 2. The molecule has 0 heterocycles. The predicted molar refractivity (Wildman–Crippen MR) is 71.9 cm³/mol. The van der Waals surface area contributed by atoms with Crippen LogP contribution in [0.25, 0.3) is 0 Å². The van der Waals surface area contributed by atoms with Crippen molar-refractivity contribution >= 4 is 12.0 Å². The highest BCUT2D eigenvalue weighted by Gasteiger charge is 2.28. The van der Waals surface area contributed by atoms with E-state index in [1.165, 1.54) is 6.42 Å². The molecule has 108 valence electrons. The van der Waals surface area contributed by atoms with Gasteiger partial charge in [0.05, 0.1) is 5.92 Å². The second-order valence-electron chi connectivity index (χ2n) is 5.94. The lowest BCUT2D eigenvalue weighted by Gasteiger charge is -2.35. The van der Waals surface area contributed by atoms with Gasteiger partial charge in [0.2, 0.25) is 0 Å². The van der Waals surface area contributed by atoms with Crippen LogP contribution in [0.5, 0.6) is 0 Å². The predicted octanol–water partition coefficient (Wildman–Crippen LogP) is 2.07. The summed E-state index contributed by atoms with van der Waals surface area (Å²) in [7, 11) is 1.86. The lowest BCUT2D eigenvalue weighted by atomic mass is 9.82. The van der Waals surface area contributed by atoms with Gasteiger partial charge < -0.3 is 15.3 Å². The fraction of sp³-hybridized carbons (Fsp3) is 0.857. The molecular formula is C14H24N2O3. The SMILES string of the molecule is CN(C(=O)NCC1CCC(C(=O)O)CC1)C1CCC1. The molecule has 2 saturated carbocycles. The first-order valence-corrected chi connectivity index (χ1v) is 7.31. The van der Waals surface area contributed by atoms with Crippen molar-refractivity contribution in [3.05, 3.63) is 0 Å². The number of hydrogen-bond acceptors (Lipinski definition) is 2. The summed E-state index contributed by atoms with van der Waals surface area (Å²) in [5.41, 5.74) is 0. The van der Waals surface area contributed by atoms with Crippen molar-refractivity contribution in [2.24, 2.45) is 11.8 Å². The first kappa shape index (κ1) is 14.2. The van der Waals surface area contributed by atoms with Gasteiger partial charge in [-0.25, -0.2) is 4.79 Å². The summed E-state index contributed by atoms with van der Waals surface area (Å²) in [5, 5.41) is 11.9. The number of rotatable bonds is 4. The quantitative estimate of drug-likeness (QED) is 0.820. The average molecular weight is 268 g/mol. The molecule has 0 aromatic carbocycles. The number of urea groups is 1. The molecule has 2 amide bonds. The maximum Gasteiger partial charge on any atom is 0.317 e. The van der Waals surface area contributed by atoms with Crippen LogP contribution in [0.2, 0.25) is 0 Å². The molecule has 0 aromatic rings. The zero-order chi connectivity index (χ0) is 13.8. The number of amides is 2. The summed E-state index contributed by atoms with van der Waals surface area (Å²) >= 11 is 0. The van der Waals surface area contributed by atoms with Crippen LogP contribution in [0, 0.1) is 11.8 Å². The number of carbonyl (C=O) groups excluding carboxylic acids is 1. The van der Waals surface area contributed by atoms with Crippen LogP contribution < -0.4 is 5.32 Å². The number of nitrogens with one attached hydrogen (secondary N) is 1. The highest BCUT2D eigenvalue weighted by atomic mass is 16.4. The summed E-state index contributed by atoms with van der Waals surface area (Å²) in [6.07, 6.45) is 6.76. The molecule has 0 aliphatic heterocycles. The van der Waals surface area contributed by atoms with Gasteiger partial charge in [-0.15, -0.1) is 0 Å². The fourth-order valence-electron chi connectivity index (χ4n) is 2.91. The summed E-state index contributed by atoms with van der Waals surface area (Å²) in [5.74, 6) is -0.411. The minimum Gasteiger partial charge on any atom is -0.481 e. The van der Waals surface area contributed by atoms with Crippen molar-refractivity contribution in [3.63, 3.8) is 0 Å². The maximum atomic E-state index is 11.9. The molecule has 19 heavy (non-hydrogen) atoms. The van der Waals surface area contributed by atoms with Crippen LogP contribution in [-0.2, 0) is 4.79 Å². The van der Waals surface area contributed by atoms with Gasteiger partial charge in [-0.2, -0.15) is 0 Å². The fourth-order valence-corrected chi connectivity index (χ4v) is 2.91. The molecule has 2 aliphatic carbocycles. The van der Waals surface area contributed by atoms with Gasteiger partial charge in [0.1, 0.15) is 0 Å². The molecule has 0 spiro atoms. The van der Waals surface area contributed by atoms with Gasteiger partial charge >= 0.3 is 12.0 Å². The Hall–Kier alpha value is -1.26. The van der Waals surface area contributed by atoms with E-state index < -0.39 is 5.97 Å². The van der Waals surface area contributed by atoms with E-state index in [-0.39, 0.29) is 11.9 Å². The second kappa shape index (κ2) is 6.26. The van der Waals surface area contributed by atoms with E-state index in [0.29, 0.717) is 18.5 Å². The first-order chi connectivity index (χ1) is 9.08. The molecule has 0 bridgehead atoms. The third kappa shape index (κ3) is 3.61. The average Bonchev–Trinajstić information content (AvgIpc) is 2.34. The molecule has 0 radical (unpaired) electrons. The molecule has 0 saturated heterocycles. The van der Waals surface area contributed by atoms with Gasteiger partial charge in [0, 0.05) is 19.6 Å². The lowest BCUT2D eigenvalue weighted by molar-refractivity contribution is -0.143. The second-order valence-corrected chi connectivity index (χ2v) is 5.94. The highest BCUT2D eigenvalue weighted by molar-refractivity contribution is 5.74. The minimum absolute atomic E-state index is 0.0186. The van der Waals surface area contributed by atoms with Gasteiger partial charge in [-0.3, -0.25) is 4.79 Å². The van der Waals surface area contributed by atoms with Crippen molar-refractivity contribution in [2.75, 3.05) is 13.6 Å². The smallest absolute Gasteiger partial charge is 0.317 e. The molecule has 2 fully saturated rings. The molecule has 2 N–H and O–H groups in total. The van der Waals surface area contributed by atoms with E-state index in [0.717, 1.165) is 38.5 Å². The van der Waals surface area contributed by atoms with Gasteiger partial charge in [-0.1, -0.05) is 0 Å². The highest BCUT2D eigenvalue weighted by Crippen LogP contribution is 2.28. The number of carboxylic acid groups (broad SMARTS) is 1. The normalized spacial score (nSPS) is 27.4. The summed E-state index contributed by atoms with van der Waals surface area (Å²) in [4.78, 5) is 24.6. The van der Waals surface area contributed by atoms with Crippen LogP contribution in [0.4, 0.5) is 4.79 Å². The van der Waals surface area contributed by atoms with E-state index >= 15 is 0 Å². The zero-order valence-electron chi connectivity index (χ0n) is 11.6. The van der Waals surface area contributed by atoms with Gasteiger partial charge in [0.15, 0.2) is 0 Å². The molecule has 0 aromatic heterocycles. The molecule has 0 unspecified atom stereocenters. The van der Waals surface area contributed by atoms with E-state index in [4.69, 9.17) is 5.11 Å². The van der Waals surface area contributed by atoms with Crippen molar-refractivity contribution in [1.82, 2.24) is 10.2 Å². The van der Waals surface area contributed by atoms with E-state index in [2.05, 4.69) is 5.32 Å². The van der Waals surface area contributed by atoms with Crippen LogP contribution in [-0.4, -0.2) is 41.6 Å².